The lowest BCUT2D eigenvalue weighted by Crippen LogP contribution is -2.31. The molecule has 6 nitrogen and oxygen atoms in total. The predicted octanol–water partition coefficient (Wildman–Crippen LogP) is 1.27. The first kappa shape index (κ1) is 11.8. The van der Waals surface area contributed by atoms with Crippen LogP contribution in [0.1, 0.15) is 19.0 Å². The molecular formula is C11H18N4O2. The Balaban J connectivity index is 2.04. The van der Waals surface area contributed by atoms with Crippen LogP contribution in [0.5, 0.6) is 5.88 Å². The highest BCUT2D eigenvalue weighted by Crippen LogP contribution is 2.30. The van der Waals surface area contributed by atoms with E-state index in [4.69, 9.17) is 4.74 Å². The van der Waals surface area contributed by atoms with Crippen LogP contribution in [0.15, 0.2) is 0 Å². The molecule has 2 atom stereocenters. The van der Waals surface area contributed by atoms with Crippen molar-refractivity contribution in [2.45, 2.75) is 26.3 Å². The van der Waals surface area contributed by atoms with E-state index in [1.807, 2.05) is 6.92 Å². The zero-order valence-electron chi connectivity index (χ0n) is 10.6. The van der Waals surface area contributed by atoms with E-state index in [-0.39, 0.29) is 6.03 Å². The van der Waals surface area contributed by atoms with Crippen LogP contribution in [0.25, 0.3) is 0 Å². The molecule has 1 aromatic heterocycles. The smallest absolute Gasteiger partial charge is 0.319 e. The quantitative estimate of drug-likeness (QED) is 0.833. The Morgan fingerprint density at radius 1 is 1.59 bits per heavy atom. The summed E-state index contributed by atoms with van der Waals surface area (Å²) in [4.78, 5) is 11.7. The van der Waals surface area contributed by atoms with Crippen molar-refractivity contribution in [3.63, 3.8) is 0 Å². The zero-order chi connectivity index (χ0) is 12.6. The van der Waals surface area contributed by atoms with Gasteiger partial charge in [-0.2, -0.15) is 5.10 Å². The first-order valence-corrected chi connectivity index (χ1v) is 5.68. The highest BCUT2D eigenvalue weighted by molar-refractivity contribution is 5.91. The molecule has 0 unspecified atom stereocenters. The summed E-state index contributed by atoms with van der Waals surface area (Å²) in [6.45, 7) is 3.94. The summed E-state index contributed by atoms with van der Waals surface area (Å²) in [5, 5.41) is 9.88. The van der Waals surface area contributed by atoms with Gasteiger partial charge in [-0.3, -0.25) is 0 Å². The van der Waals surface area contributed by atoms with Gasteiger partial charge in [0.1, 0.15) is 5.69 Å². The van der Waals surface area contributed by atoms with Gasteiger partial charge in [0.2, 0.25) is 5.88 Å². The average Bonchev–Trinajstić information content (AvgIpc) is 2.85. The molecular weight excluding hydrogens is 220 g/mol. The molecule has 0 spiro atoms. The number of amides is 2. The second-order valence-corrected chi connectivity index (χ2v) is 4.51. The fourth-order valence-corrected chi connectivity index (χ4v) is 1.86. The SMILES string of the molecule is COc1c(NC(=O)N[C@@H]2C[C@@H]2C)c(C)nn1C. The Morgan fingerprint density at radius 2 is 2.24 bits per heavy atom. The predicted molar refractivity (Wildman–Crippen MR) is 64.2 cm³/mol. The fourth-order valence-electron chi connectivity index (χ4n) is 1.86. The summed E-state index contributed by atoms with van der Waals surface area (Å²) in [5.41, 5.74) is 1.36. The number of carbonyl (C=O) groups excluding carboxylic acids is 1. The van der Waals surface area contributed by atoms with E-state index in [9.17, 15) is 4.79 Å². The molecule has 1 aliphatic carbocycles. The van der Waals surface area contributed by atoms with Gasteiger partial charge in [0, 0.05) is 13.1 Å². The van der Waals surface area contributed by atoms with E-state index in [2.05, 4.69) is 22.7 Å². The van der Waals surface area contributed by atoms with Gasteiger partial charge in [0.05, 0.1) is 12.8 Å². The molecule has 1 aliphatic rings. The second kappa shape index (κ2) is 4.27. The van der Waals surface area contributed by atoms with E-state index in [0.29, 0.717) is 23.5 Å². The summed E-state index contributed by atoms with van der Waals surface area (Å²) >= 11 is 0. The van der Waals surface area contributed by atoms with Crippen molar-refractivity contribution < 1.29 is 9.53 Å². The molecule has 1 fully saturated rings. The standard InChI is InChI=1S/C11H18N4O2/c1-6-5-8(6)12-11(16)13-9-7(2)14-15(3)10(9)17-4/h6,8H,5H2,1-4H3,(H2,12,13,16)/t6-,8+/m0/s1. The Hall–Kier alpha value is -1.72. The Labute approximate surface area is 100 Å². The van der Waals surface area contributed by atoms with Crippen LogP contribution >= 0.6 is 0 Å². The number of hydrogen-bond acceptors (Lipinski definition) is 3. The fraction of sp³-hybridized carbons (Fsp3) is 0.636. The number of carbonyl (C=O) groups is 1. The zero-order valence-corrected chi connectivity index (χ0v) is 10.6. The van der Waals surface area contributed by atoms with Crippen LogP contribution in [0.3, 0.4) is 0 Å². The minimum absolute atomic E-state index is 0.200. The number of methoxy groups -OCH3 is 1. The molecule has 6 heteroatoms. The number of urea groups is 1. The lowest BCUT2D eigenvalue weighted by atomic mass is 10.4. The van der Waals surface area contributed by atoms with Crippen molar-refractivity contribution in [2.75, 3.05) is 12.4 Å². The Kier molecular flexibility index (Phi) is 2.95. The van der Waals surface area contributed by atoms with Crippen LogP contribution in [0, 0.1) is 12.8 Å². The molecule has 2 rings (SSSR count). The first-order valence-electron chi connectivity index (χ1n) is 5.68. The highest BCUT2D eigenvalue weighted by Gasteiger charge is 2.34. The molecule has 2 amide bonds. The van der Waals surface area contributed by atoms with Gasteiger partial charge in [-0.05, 0) is 19.3 Å². The third-order valence-corrected chi connectivity index (χ3v) is 3.03. The number of aryl methyl sites for hydroxylation is 2. The Bertz CT molecular complexity index is 441. The van der Waals surface area contributed by atoms with Crippen molar-refractivity contribution >= 4 is 11.7 Å². The number of aromatic nitrogens is 2. The topological polar surface area (TPSA) is 68.2 Å². The first-order chi connectivity index (χ1) is 8.02. The van der Waals surface area contributed by atoms with Gasteiger partial charge in [-0.15, -0.1) is 0 Å². The van der Waals surface area contributed by atoms with Gasteiger partial charge in [-0.1, -0.05) is 6.92 Å². The number of anilines is 1. The number of nitrogens with zero attached hydrogens (tertiary/aromatic N) is 2. The minimum atomic E-state index is -0.200. The molecule has 1 aromatic rings. The summed E-state index contributed by atoms with van der Waals surface area (Å²) in [7, 11) is 3.33. The molecule has 1 saturated carbocycles. The van der Waals surface area contributed by atoms with Crippen molar-refractivity contribution in [3.05, 3.63) is 5.69 Å². The van der Waals surface area contributed by atoms with Crippen LogP contribution in [0.2, 0.25) is 0 Å². The normalized spacial score (nSPS) is 22.1. The summed E-state index contributed by atoms with van der Waals surface area (Å²) in [6, 6.07) is 0.103. The number of hydrogen-bond donors (Lipinski definition) is 2. The summed E-state index contributed by atoms with van der Waals surface area (Å²) in [6.07, 6.45) is 1.05. The van der Waals surface area contributed by atoms with Crippen molar-refractivity contribution in [1.82, 2.24) is 15.1 Å². The van der Waals surface area contributed by atoms with Crippen LogP contribution in [0.4, 0.5) is 10.5 Å². The number of nitrogens with one attached hydrogen (secondary N) is 2. The summed E-state index contributed by atoms with van der Waals surface area (Å²) in [5.74, 6) is 1.14. The molecule has 0 radical (unpaired) electrons. The van der Waals surface area contributed by atoms with Crippen LogP contribution < -0.4 is 15.4 Å². The van der Waals surface area contributed by atoms with Crippen molar-refractivity contribution in [1.29, 1.82) is 0 Å². The van der Waals surface area contributed by atoms with E-state index in [1.54, 1.807) is 18.8 Å². The molecule has 0 saturated heterocycles. The van der Waals surface area contributed by atoms with Gasteiger partial charge in [0.15, 0.2) is 0 Å². The lowest BCUT2D eigenvalue weighted by molar-refractivity contribution is 0.251. The van der Waals surface area contributed by atoms with Crippen molar-refractivity contribution in [3.8, 4) is 5.88 Å². The van der Waals surface area contributed by atoms with Gasteiger partial charge >= 0.3 is 6.03 Å². The third kappa shape index (κ3) is 2.35. The van der Waals surface area contributed by atoms with Gasteiger partial charge in [-0.25, -0.2) is 9.48 Å². The monoisotopic (exact) mass is 238 g/mol. The average molecular weight is 238 g/mol. The Morgan fingerprint density at radius 3 is 2.76 bits per heavy atom. The minimum Gasteiger partial charge on any atom is -0.480 e. The van der Waals surface area contributed by atoms with E-state index in [1.165, 1.54) is 0 Å². The maximum atomic E-state index is 11.7. The summed E-state index contributed by atoms with van der Waals surface area (Å²) < 4.78 is 6.80. The number of rotatable bonds is 3. The number of ether oxygens (including phenoxy) is 1. The molecule has 0 aliphatic heterocycles. The van der Waals surface area contributed by atoms with Crippen LogP contribution in [-0.4, -0.2) is 29.0 Å². The molecule has 94 valence electrons. The second-order valence-electron chi connectivity index (χ2n) is 4.51. The highest BCUT2D eigenvalue weighted by atomic mass is 16.5. The largest absolute Gasteiger partial charge is 0.480 e. The van der Waals surface area contributed by atoms with E-state index >= 15 is 0 Å². The molecule has 0 aromatic carbocycles. The van der Waals surface area contributed by atoms with Crippen molar-refractivity contribution in [2.24, 2.45) is 13.0 Å². The van der Waals surface area contributed by atoms with E-state index in [0.717, 1.165) is 12.1 Å². The molecule has 2 N–H and O–H groups in total. The third-order valence-electron chi connectivity index (χ3n) is 3.03. The maximum Gasteiger partial charge on any atom is 0.319 e. The molecule has 17 heavy (non-hydrogen) atoms. The lowest BCUT2D eigenvalue weighted by Gasteiger charge is -2.08. The molecule has 0 bridgehead atoms. The maximum absolute atomic E-state index is 11.7. The van der Waals surface area contributed by atoms with E-state index < -0.39 is 0 Å². The molecule has 1 heterocycles. The van der Waals surface area contributed by atoms with Crippen LogP contribution in [-0.2, 0) is 7.05 Å². The van der Waals surface area contributed by atoms with Gasteiger partial charge < -0.3 is 15.4 Å². The van der Waals surface area contributed by atoms with Gasteiger partial charge in [0.25, 0.3) is 0 Å².